The summed E-state index contributed by atoms with van der Waals surface area (Å²) in [7, 11) is 0. The smallest absolute Gasteiger partial charge is 0.277 e. The lowest BCUT2D eigenvalue weighted by Crippen LogP contribution is -2.81. The number of nitrogens with zero attached hydrogens (tertiary/aromatic N) is 2. The van der Waals surface area contributed by atoms with Crippen LogP contribution in [0.2, 0.25) is 0 Å². The maximum atomic E-state index is 5.81. The number of hydrogen-bond donors (Lipinski definition) is 1. The summed E-state index contributed by atoms with van der Waals surface area (Å²) in [5.41, 5.74) is 1.30. The third-order valence-corrected chi connectivity index (χ3v) is 5.01. The quantitative estimate of drug-likeness (QED) is 0.753. The lowest BCUT2D eigenvalue weighted by Gasteiger charge is -2.04. The van der Waals surface area contributed by atoms with Crippen LogP contribution in [-0.2, 0) is 5.75 Å². The van der Waals surface area contributed by atoms with E-state index in [0.29, 0.717) is 11.3 Å². The van der Waals surface area contributed by atoms with Crippen molar-refractivity contribution in [1.82, 2.24) is 10.2 Å². The molecule has 2 heterocycles. The Hall–Kier alpha value is -1.85. The molecular weight excluding hydrogens is 294 g/mol. The van der Waals surface area contributed by atoms with Gasteiger partial charge in [0.2, 0.25) is 0 Å². The highest BCUT2D eigenvalue weighted by Crippen LogP contribution is 2.27. The van der Waals surface area contributed by atoms with Gasteiger partial charge in [-0.15, -0.1) is 10.2 Å². The van der Waals surface area contributed by atoms with Crippen LogP contribution in [0.3, 0.4) is 0 Å². The summed E-state index contributed by atoms with van der Waals surface area (Å²) in [6.07, 6.45) is 2.36. The van der Waals surface area contributed by atoms with Crippen LogP contribution in [-0.4, -0.2) is 16.7 Å². The molecule has 1 aliphatic heterocycles. The van der Waals surface area contributed by atoms with Gasteiger partial charge in [0, 0.05) is 18.6 Å². The van der Waals surface area contributed by atoms with Crippen molar-refractivity contribution in [3.05, 3.63) is 53.9 Å². The molecule has 1 aliphatic rings. The van der Waals surface area contributed by atoms with Gasteiger partial charge < -0.3 is 9.73 Å². The lowest BCUT2D eigenvalue weighted by atomic mass is 10.1. The molecule has 0 aliphatic carbocycles. The van der Waals surface area contributed by atoms with Gasteiger partial charge in [0.15, 0.2) is 6.04 Å². The highest BCUT2D eigenvalue weighted by atomic mass is 32.2. The van der Waals surface area contributed by atoms with Crippen LogP contribution in [0, 0.1) is 0 Å². The molecular formula is C17H18N3OS+. The number of nitrogens with two attached hydrogens (primary N) is 1. The van der Waals surface area contributed by atoms with E-state index in [1.807, 2.05) is 0 Å². The van der Waals surface area contributed by atoms with Crippen molar-refractivity contribution in [3.8, 4) is 0 Å². The number of fused-ring (bicyclic) bond motifs is 1. The van der Waals surface area contributed by atoms with Gasteiger partial charge >= 0.3 is 0 Å². The second kappa shape index (κ2) is 6.10. The molecule has 1 aromatic heterocycles. The summed E-state index contributed by atoms with van der Waals surface area (Å²) in [4.78, 5) is 0. The number of quaternary nitrogens is 1. The molecule has 4 rings (SSSR count). The molecule has 2 N–H and O–H groups in total. The molecule has 1 saturated heterocycles. The standard InChI is InChI=1S/C17H17N3OS/c1-2-8-14-12(5-1)6-3-7-13(14)11-22-17-20-19-16(21-17)15-9-4-10-18-15/h1-3,5-8,15,18H,4,9-11H2/p+1/t15-/m0/s1. The minimum Gasteiger partial charge on any atom is -0.410 e. The number of benzene rings is 2. The van der Waals surface area contributed by atoms with Crippen LogP contribution in [0.5, 0.6) is 0 Å². The summed E-state index contributed by atoms with van der Waals surface area (Å²) in [6, 6.07) is 15.2. The van der Waals surface area contributed by atoms with Gasteiger partial charge in [-0.1, -0.05) is 54.2 Å². The van der Waals surface area contributed by atoms with Crippen molar-refractivity contribution < 1.29 is 9.73 Å². The summed E-state index contributed by atoms with van der Waals surface area (Å²) in [5, 5.41) is 13.9. The molecule has 4 nitrogen and oxygen atoms in total. The van der Waals surface area contributed by atoms with Crippen LogP contribution in [0.15, 0.2) is 52.1 Å². The highest BCUT2D eigenvalue weighted by Gasteiger charge is 2.26. The van der Waals surface area contributed by atoms with Gasteiger partial charge in [0.05, 0.1) is 6.54 Å². The van der Waals surface area contributed by atoms with Crippen molar-refractivity contribution in [1.29, 1.82) is 0 Å². The first-order valence-electron chi connectivity index (χ1n) is 7.66. The Bertz CT molecular complexity index is 775. The number of thioether (sulfide) groups is 1. The number of rotatable bonds is 4. The molecule has 0 amide bonds. The molecule has 2 aromatic carbocycles. The fourth-order valence-corrected chi connectivity index (χ4v) is 3.76. The van der Waals surface area contributed by atoms with E-state index >= 15 is 0 Å². The summed E-state index contributed by atoms with van der Waals surface area (Å²) in [5.74, 6) is 1.62. The molecule has 0 unspecified atom stereocenters. The molecule has 0 radical (unpaired) electrons. The van der Waals surface area contributed by atoms with Crippen molar-refractivity contribution in [3.63, 3.8) is 0 Å². The predicted octanol–water partition coefficient (Wildman–Crippen LogP) is 2.91. The summed E-state index contributed by atoms with van der Waals surface area (Å²) >= 11 is 1.61. The zero-order valence-corrected chi connectivity index (χ0v) is 13.1. The number of aromatic nitrogens is 2. The van der Waals surface area contributed by atoms with E-state index in [2.05, 4.69) is 58.0 Å². The Kier molecular flexibility index (Phi) is 3.83. The topological polar surface area (TPSA) is 55.5 Å². The third kappa shape index (κ3) is 2.74. The Labute approximate surface area is 133 Å². The molecule has 0 bridgehead atoms. The Balaban J connectivity index is 1.50. The van der Waals surface area contributed by atoms with Crippen molar-refractivity contribution >= 4 is 22.5 Å². The van der Waals surface area contributed by atoms with Crippen LogP contribution >= 0.6 is 11.8 Å². The van der Waals surface area contributed by atoms with Crippen LogP contribution in [0.25, 0.3) is 10.8 Å². The van der Waals surface area contributed by atoms with Gasteiger partial charge in [-0.25, -0.2) is 0 Å². The fourth-order valence-electron chi connectivity index (χ4n) is 2.99. The zero-order chi connectivity index (χ0) is 14.8. The minimum absolute atomic E-state index is 0.361. The first-order valence-corrected chi connectivity index (χ1v) is 8.65. The average molecular weight is 312 g/mol. The largest absolute Gasteiger partial charge is 0.410 e. The van der Waals surface area contributed by atoms with E-state index in [1.165, 1.54) is 22.8 Å². The van der Waals surface area contributed by atoms with Crippen molar-refractivity contribution in [2.24, 2.45) is 0 Å². The first-order chi connectivity index (χ1) is 10.9. The van der Waals surface area contributed by atoms with E-state index in [4.69, 9.17) is 4.42 Å². The molecule has 1 atom stereocenters. The normalized spacial score (nSPS) is 18.1. The van der Waals surface area contributed by atoms with Crippen molar-refractivity contribution in [2.45, 2.75) is 29.9 Å². The Morgan fingerprint density at radius 3 is 2.95 bits per heavy atom. The van der Waals surface area contributed by atoms with Crippen LogP contribution in [0.4, 0.5) is 0 Å². The monoisotopic (exact) mass is 312 g/mol. The maximum Gasteiger partial charge on any atom is 0.277 e. The Morgan fingerprint density at radius 2 is 2.05 bits per heavy atom. The molecule has 0 spiro atoms. The molecule has 22 heavy (non-hydrogen) atoms. The van der Waals surface area contributed by atoms with E-state index in [0.717, 1.165) is 24.6 Å². The second-order valence-corrected chi connectivity index (χ2v) is 6.53. The lowest BCUT2D eigenvalue weighted by molar-refractivity contribution is -0.678. The summed E-state index contributed by atoms with van der Waals surface area (Å²) in [6.45, 7) is 1.16. The Morgan fingerprint density at radius 1 is 1.14 bits per heavy atom. The highest BCUT2D eigenvalue weighted by molar-refractivity contribution is 7.98. The van der Waals surface area contributed by atoms with Gasteiger partial charge in [0.1, 0.15) is 0 Å². The van der Waals surface area contributed by atoms with E-state index in [1.54, 1.807) is 11.8 Å². The second-order valence-electron chi connectivity index (χ2n) is 5.61. The average Bonchev–Trinajstić information content (AvgIpc) is 3.24. The predicted molar refractivity (Wildman–Crippen MR) is 86.6 cm³/mol. The zero-order valence-electron chi connectivity index (χ0n) is 12.2. The maximum absolute atomic E-state index is 5.81. The molecule has 1 fully saturated rings. The van der Waals surface area contributed by atoms with Crippen molar-refractivity contribution in [2.75, 3.05) is 6.54 Å². The molecule has 5 heteroatoms. The van der Waals surface area contributed by atoms with E-state index in [-0.39, 0.29) is 0 Å². The molecule has 112 valence electrons. The summed E-state index contributed by atoms with van der Waals surface area (Å²) < 4.78 is 5.81. The van der Waals surface area contributed by atoms with Gasteiger partial charge in [-0.3, -0.25) is 0 Å². The minimum atomic E-state index is 0.361. The van der Waals surface area contributed by atoms with Gasteiger partial charge in [-0.05, 0) is 16.3 Å². The molecule has 3 aromatic rings. The van der Waals surface area contributed by atoms with Gasteiger partial charge in [-0.2, -0.15) is 0 Å². The molecule has 0 saturated carbocycles. The van der Waals surface area contributed by atoms with Crippen LogP contribution in [0.1, 0.15) is 30.3 Å². The van der Waals surface area contributed by atoms with E-state index in [9.17, 15) is 0 Å². The fraction of sp³-hybridized carbons (Fsp3) is 0.294. The van der Waals surface area contributed by atoms with E-state index < -0.39 is 0 Å². The number of hydrogen-bond acceptors (Lipinski definition) is 4. The SMILES string of the molecule is c1ccc2c(CSc3nnc([C@@H]4CCC[NH2+]4)o3)cccc2c1. The van der Waals surface area contributed by atoms with Gasteiger partial charge in [0.25, 0.3) is 11.1 Å². The first kappa shape index (κ1) is 13.8. The van der Waals surface area contributed by atoms with Crippen LogP contribution < -0.4 is 5.32 Å². The third-order valence-electron chi connectivity index (χ3n) is 4.14.